The number of rotatable bonds is 8. The summed E-state index contributed by atoms with van der Waals surface area (Å²) in [5.74, 6) is 0.00207. The second-order valence-corrected chi connectivity index (χ2v) is 3.99. The zero-order valence-electron chi connectivity index (χ0n) is 11.5. The summed E-state index contributed by atoms with van der Waals surface area (Å²) in [5.41, 5.74) is 0. The Morgan fingerprint density at radius 3 is 2.12 bits per heavy atom. The quantitative estimate of drug-likeness (QED) is 0.614. The van der Waals surface area contributed by atoms with Crippen molar-refractivity contribution >= 4 is 11.9 Å². The highest BCUT2D eigenvalue weighted by molar-refractivity contribution is 5.79. The molecule has 1 amide bonds. The monoisotopic (exact) mass is 243 g/mol. The number of hydrogen-bond donors (Lipinski definition) is 0. The third kappa shape index (κ3) is 5.71. The second-order valence-electron chi connectivity index (χ2n) is 3.99. The van der Waals surface area contributed by atoms with E-state index < -0.39 is 0 Å². The van der Waals surface area contributed by atoms with Gasteiger partial charge in [-0.1, -0.05) is 13.8 Å². The van der Waals surface area contributed by atoms with Gasteiger partial charge >= 0.3 is 5.97 Å². The minimum atomic E-state index is -0.233. The molecule has 0 heterocycles. The fourth-order valence-corrected chi connectivity index (χ4v) is 1.78. The molecule has 0 aromatic carbocycles. The maximum Gasteiger partial charge on any atom is 0.307 e. The van der Waals surface area contributed by atoms with Crippen LogP contribution in [-0.2, 0) is 14.3 Å². The molecule has 100 valence electrons. The third-order valence-corrected chi connectivity index (χ3v) is 2.92. The van der Waals surface area contributed by atoms with Crippen LogP contribution in [-0.4, -0.2) is 36.5 Å². The predicted molar refractivity (Wildman–Crippen MR) is 67.6 cm³/mol. The molecule has 0 aliphatic rings. The molecule has 0 saturated heterocycles. The number of carbonyl (C=O) groups is 2. The number of esters is 1. The minimum absolute atomic E-state index is 0.0807. The molecule has 0 aromatic heterocycles. The van der Waals surface area contributed by atoms with Crippen molar-refractivity contribution in [1.29, 1.82) is 0 Å². The Bertz CT molecular complexity index is 237. The Kier molecular flexibility index (Phi) is 8.46. The van der Waals surface area contributed by atoms with Crippen LogP contribution in [0.5, 0.6) is 0 Å². The van der Waals surface area contributed by atoms with Gasteiger partial charge < -0.3 is 9.64 Å². The van der Waals surface area contributed by atoms with E-state index in [1.807, 2.05) is 20.8 Å². The van der Waals surface area contributed by atoms with E-state index in [2.05, 4.69) is 0 Å². The Morgan fingerprint density at radius 1 is 1.12 bits per heavy atom. The lowest BCUT2D eigenvalue weighted by Gasteiger charge is -2.24. The van der Waals surface area contributed by atoms with Crippen molar-refractivity contribution < 1.29 is 14.3 Å². The third-order valence-electron chi connectivity index (χ3n) is 2.92. The van der Waals surface area contributed by atoms with E-state index in [0.717, 1.165) is 12.8 Å². The van der Waals surface area contributed by atoms with Crippen LogP contribution in [0.1, 0.15) is 47.0 Å². The van der Waals surface area contributed by atoms with Crippen LogP contribution in [0.2, 0.25) is 0 Å². The molecule has 0 bridgehead atoms. The van der Waals surface area contributed by atoms with Crippen LogP contribution in [0.3, 0.4) is 0 Å². The average Bonchev–Trinajstić information content (AvgIpc) is 2.31. The first kappa shape index (κ1) is 15.9. The first-order valence-electron chi connectivity index (χ1n) is 6.54. The summed E-state index contributed by atoms with van der Waals surface area (Å²) in [6.45, 7) is 9.26. The summed E-state index contributed by atoms with van der Waals surface area (Å²) >= 11 is 0. The summed E-state index contributed by atoms with van der Waals surface area (Å²) in [5, 5.41) is 0. The van der Waals surface area contributed by atoms with Crippen LogP contribution in [0, 0.1) is 5.92 Å². The van der Waals surface area contributed by atoms with Gasteiger partial charge in [-0.05, 0) is 26.7 Å². The van der Waals surface area contributed by atoms with E-state index in [4.69, 9.17) is 4.74 Å². The van der Waals surface area contributed by atoms with Gasteiger partial charge in [0.05, 0.1) is 13.0 Å². The molecule has 0 saturated carbocycles. The van der Waals surface area contributed by atoms with Crippen LogP contribution in [0.15, 0.2) is 0 Å². The number of amides is 1. The maximum absolute atomic E-state index is 12.1. The van der Waals surface area contributed by atoms with E-state index >= 15 is 0 Å². The Labute approximate surface area is 104 Å². The van der Waals surface area contributed by atoms with E-state index in [1.165, 1.54) is 0 Å². The molecule has 0 spiro atoms. The van der Waals surface area contributed by atoms with Crippen LogP contribution < -0.4 is 0 Å². The van der Waals surface area contributed by atoms with Gasteiger partial charge in [0.1, 0.15) is 0 Å². The highest BCUT2D eigenvalue weighted by Gasteiger charge is 2.20. The Balaban J connectivity index is 4.22. The molecule has 17 heavy (non-hydrogen) atoms. The van der Waals surface area contributed by atoms with Gasteiger partial charge in [0.2, 0.25) is 5.91 Å². The standard InChI is InChI=1S/C13H25NO3/c1-5-11(6-2)13(16)14(7-3)10-9-12(15)17-8-4/h11H,5-10H2,1-4H3. The molecular formula is C13H25NO3. The maximum atomic E-state index is 12.1. The summed E-state index contributed by atoms with van der Waals surface area (Å²) in [6, 6.07) is 0. The lowest BCUT2D eigenvalue weighted by Crippen LogP contribution is -2.37. The zero-order valence-corrected chi connectivity index (χ0v) is 11.5. The first-order chi connectivity index (χ1) is 8.10. The van der Waals surface area contributed by atoms with Crippen molar-refractivity contribution in [2.24, 2.45) is 5.92 Å². The van der Waals surface area contributed by atoms with Gasteiger partial charge in [-0.2, -0.15) is 0 Å². The van der Waals surface area contributed by atoms with Crippen molar-refractivity contribution in [3.8, 4) is 0 Å². The average molecular weight is 243 g/mol. The molecule has 0 unspecified atom stereocenters. The number of ether oxygens (including phenoxy) is 1. The first-order valence-corrected chi connectivity index (χ1v) is 6.54. The van der Waals surface area contributed by atoms with Gasteiger partial charge in [0.15, 0.2) is 0 Å². The molecule has 4 heteroatoms. The van der Waals surface area contributed by atoms with Gasteiger partial charge in [0.25, 0.3) is 0 Å². The molecule has 0 radical (unpaired) electrons. The molecule has 0 aromatic rings. The summed E-state index contributed by atoms with van der Waals surface area (Å²) in [7, 11) is 0. The minimum Gasteiger partial charge on any atom is -0.466 e. The molecule has 0 fully saturated rings. The molecule has 0 aliphatic heterocycles. The highest BCUT2D eigenvalue weighted by atomic mass is 16.5. The van der Waals surface area contributed by atoms with Gasteiger partial charge in [-0.15, -0.1) is 0 Å². The van der Waals surface area contributed by atoms with Crippen molar-refractivity contribution in [1.82, 2.24) is 4.90 Å². The molecular weight excluding hydrogens is 218 g/mol. The lowest BCUT2D eigenvalue weighted by molar-refractivity contribution is -0.144. The summed E-state index contributed by atoms with van der Waals surface area (Å²) < 4.78 is 4.85. The topological polar surface area (TPSA) is 46.6 Å². The fraction of sp³-hybridized carbons (Fsp3) is 0.846. The normalized spacial score (nSPS) is 10.4. The predicted octanol–water partition coefficient (Wildman–Crippen LogP) is 2.22. The van der Waals surface area contributed by atoms with Crippen LogP contribution in [0.25, 0.3) is 0 Å². The van der Waals surface area contributed by atoms with Gasteiger partial charge in [0, 0.05) is 19.0 Å². The zero-order chi connectivity index (χ0) is 13.3. The Hall–Kier alpha value is -1.06. The molecule has 0 N–H and O–H groups in total. The summed E-state index contributed by atoms with van der Waals surface area (Å²) in [4.78, 5) is 25.1. The smallest absolute Gasteiger partial charge is 0.307 e. The van der Waals surface area contributed by atoms with Crippen molar-refractivity contribution in [3.05, 3.63) is 0 Å². The number of hydrogen-bond acceptors (Lipinski definition) is 3. The number of nitrogens with zero attached hydrogens (tertiary/aromatic N) is 1. The van der Waals surface area contributed by atoms with E-state index in [0.29, 0.717) is 19.7 Å². The molecule has 4 nitrogen and oxygen atoms in total. The molecule has 0 rings (SSSR count). The second kappa shape index (κ2) is 9.02. The van der Waals surface area contributed by atoms with Crippen molar-refractivity contribution in [2.45, 2.75) is 47.0 Å². The van der Waals surface area contributed by atoms with Crippen molar-refractivity contribution in [3.63, 3.8) is 0 Å². The lowest BCUT2D eigenvalue weighted by atomic mass is 10.0. The SMILES string of the molecule is CCOC(=O)CCN(CC)C(=O)C(CC)CC. The van der Waals surface area contributed by atoms with E-state index in [1.54, 1.807) is 11.8 Å². The largest absolute Gasteiger partial charge is 0.466 e. The highest BCUT2D eigenvalue weighted by Crippen LogP contribution is 2.12. The van der Waals surface area contributed by atoms with Gasteiger partial charge in [-0.3, -0.25) is 9.59 Å². The number of carbonyl (C=O) groups excluding carboxylic acids is 2. The van der Waals surface area contributed by atoms with Gasteiger partial charge in [-0.25, -0.2) is 0 Å². The van der Waals surface area contributed by atoms with E-state index in [9.17, 15) is 9.59 Å². The fourth-order valence-electron chi connectivity index (χ4n) is 1.78. The van der Waals surface area contributed by atoms with Crippen LogP contribution in [0.4, 0.5) is 0 Å². The Morgan fingerprint density at radius 2 is 1.71 bits per heavy atom. The molecule has 0 aliphatic carbocycles. The molecule has 0 atom stereocenters. The van der Waals surface area contributed by atoms with Crippen LogP contribution >= 0.6 is 0 Å². The van der Waals surface area contributed by atoms with E-state index in [-0.39, 0.29) is 24.2 Å². The summed E-state index contributed by atoms with van der Waals surface area (Å²) in [6.07, 6.45) is 1.99. The van der Waals surface area contributed by atoms with Crippen molar-refractivity contribution in [2.75, 3.05) is 19.7 Å².